The molecule has 18 heteroatoms. The Labute approximate surface area is 298 Å². The van der Waals surface area contributed by atoms with Crippen molar-refractivity contribution in [3.63, 3.8) is 0 Å². The van der Waals surface area contributed by atoms with Gasteiger partial charge < -0.3 is 10.4 Å². The van der Waals surface area contributed by atoms with E-state index >= 15 is 8.78 Å². The van der Waals surface area contributed by atoms with E-state index in [1.165, 1.54) is 83.3 Å². The largest absolute Gasteiger partial charge is 0.480 e. The van der Waals surface area contributed by atoms with Gasteiger partial charge in [-0.25, -0.2) is 36.0 Å². The third-order valence-electron chi connectivity index (χ3n) is 8.77. The number of hydrogen-bond donors (Lipinski definition) is 3. The minimum Gasteiger partial charge on any atom is -0.480 e. The molecule has 0 spiro atoms. The number of aryl methyl sites for hydroxylation is 1. The Morgan fingerprint density at radius 3 is 2.36 bits per heavy atom. The number of carbonyl (C=O) groups excluding carboxylic acids is 1. The van der Waals surface area contributed by atoms with Crippen LogP contribution < -0.4 is 21.3 Å². The number of carboxylic acid groups (broad SMARTS) is 1. The lowest BCUT2D eigenvalue weighted by atomic mass is 10.0. The molecule has 53 heavy (non-hydrogen) atoms. The Bertz CT molecular complexity index is 2660. The summed E-state index contributed by atoms with van der Waals surface area (Å²) in [6.07, 6.45) is 6.33. The Kier molecular flexibility index (Phi) is 8.90. The van der Waals surface area contributed by atoms with Gasteiger partial charge in [-0.15, -0.1) is 5.10 Å². The zero-order valence-corrected chi connectivity index (χ0v) is 28.4. The maximum Gasteiger partial charge on any atom is 0.335 e. The van der Waals surface area contributed by atoms with Gasteiger partial charge in [-0.1, -0.05) is 17.3 Å². The van der Waals surface area contributed by atoms with E-state index in [-0.39, 0.29) is 22.4 Å². The summed E-state index contributed by atoms with van der Waals surface area (Å²) >= 11 is 0. The number of benzene rings is 3. The molecule has 0 bridgehead atoms. The number of carboxylic acids is 1. The third kappa shape index (κ3) is 6.90. The van der Waals surface area contributed by atoms with Crippen LogP contribution in [-0.2, 0) is 28.3 Å². The fraction of sp³-hybridized carbons (Fsp3) is 0.171. The quantitative estimate of drug-likeness (QED) is 0.177. The second-order valence-electron chi connectivity index (χ2n) is 12.4. The lowest BCUT2D eigenvalue weighted by Gasteiger charge is -2.16. The number of nitrogens with one attached hydrogen (secondary N) is 2. The van der Waals surface area contributed by atoms with E-state index in [4.69, 9.17) is 0 Å². The first kappa shape index (κ1) is 34.9. The summed E-state index contributed by atoms with van der Waals surface area (Å²) in [5.74, 6) is -4.99. The SMILES string of the molecule is Cn1c(=O)n(-c2ccc(C[C@H](NC(=O)c3cc(F)c(NS(=O)(=O)c4ccc(-n5cc(C6CC6)nn5)cc4)cc3F)C(=O)O)cc2)c(=O)c2ccncc21. The van der Waals surface area contributed by atoms with Gasteiger partial charge >= 0.3 is 11.7 Å². The number of halogens is 2. The highest BCUT2D eigenvalue weighted by Gasteiger charge is 2.28. The van der Waals surface area contributed by atoms with Crippen molar-refractivity contribution < 1.29 is 31.9 Å². The molecular formula is C35H28F2N8O7S. The topological polar surface area (TPSA) is 200 Å². The highest BCUT2D eigenvalue weighted by Crippen LogP contribution is 2.38. The summed E-state index contributed by atoms with van der Waals surface area (Å²) in [6.45, 7) is 0. The number of aromatic nitrogens is 6. The molecule has 1 amide bonds. The molecule has 3 aromatic carbocycles. The van der Waals surface area contributed by atoms with E-state index in [0.29, 0.717) is 34.8 Å². The molecule has 0 unspecified atom stereocenters. The van der Waals surface area contributed by atoms with Crippen molar-refractivity contribution in [3.05, 3.63) is 135 Å². The van der Waals surface area contributed by atoms with Gasteiger partial charge in [0.2, 0.25) is 0 Å². The number of pyridine rings is 1. The summed E-state index contributed by atoms with van der Waals surface area (Å²) < 4.78 is 62.0. The molecule has 3 heterocycles. The van der Waals surface area contributed by atoms with Gasteiger partial charge in [0.15, 0.2) is 0 Å². The van der Waals surface area contributed by atoms with E-state index in [2.05, 4.69) is 20.6 Å². The van der Waals surface area contributed by atoms with Gasteiger partial charge in [0.05, 0.1) is 56.5 Å². The van der Waals surface area contributed by atoms with Crippen LogP contribution in [0.4, 0.5) is 14.5 Å². The normalized spacial score (nSPS) is 13.5. The number of rotatable bonds is 11. The molecule has 1 atom stereocenters. The highest BCUT2D eigenvalue weighted by atomic mass is 32.2. The number of sulfonamides is 1. The van der Waals surface area contributed by atoms with Crippen LogP contribution in [0.3, 0.4) is 0 Å². The van der Waals surface area contributed by atoms with Crippen LogP contribution in [0.2, 0.25) is 0 Å². The smallest absolute Gasteiger partial charge is 0.335 e. The average Bonchev–Trinajstić information content (AvgIpc) is 3.88. The number of aliphatic carboxylic acids is 1. The van der Waals surface area contributed by atoms with Crippen molar-refractivity contribution >= 4 is 38.5 Å². The van der Waals surface area contributed by atoms with Crippen LogP contribution in [0.5, 0.6) is 0 Å². The molecule has 3 aromatic heterocycles. The summed E-state index contributed by atoms with van der Waals surface area (Å²) in [5, 5.41) is 20.4. The molecule has 270 valence electrons. The van der Waals surface area contributed by atoms with E-state index in [9.17, 15) is 32.7 Å². The predicted octanol–water partition coefficient (Wildman–Crippen LogP) is 3.05. The third-order valence-corrected chi connectivity index (χ3v) is 10.2. The molecular weight excluding hydrogens is 714 g/mol. The molecule has 0 saturated heterocycles. The van der Waals surface area contributed by atoms with Crippen LogP contribution in [0.1, 0.15) is 40.4 Å². The average molecular weight is 743 g/mol. The van der Waals surface area contributed by atoms with Crippen LogP contribution in [0.25, 0.3) is 22.3 Å². The summed E-state index contributed by atoms with van der Waals surface area (Å²) in [5.41, 5.74) is -0.567. The minimum absolute atomic E-state index is 0.202. The number of fused-ring (bicyclic) bond motifs is 1. The summed E-state index contributed by atoms with van der Waals surface area (Å²) in [6, 6.07) is 12.0. The lowest BCUT2D eigenvalue weighted by molar-refractivity contribution is -0.139. The molecule has 6 aromatic rings. The molecule has 0 aliphatic heterocycles. The predicted molar refractivity (Wildman–Crippen MR) is 186 cm³/mol. The van der Waals surface area contributed by atoms with Gasteiger partial charge in [-0.2, -0.15) is 0 Å². The van der Waals surface area contributed by atoms with Gasteiger partial charge in [-0.3, -0.25) is 23.9 Å². The van der Waals surface area contributed by atoms with Crippen LogP contribution in [0.15, 0.2) is 99.8 Å². The second kappa shape index (κ2) is 13.5. The van der Waals surface area contributed by atoms with E-state index in [1.807, 2.05) is 4.72 Å². The maximum absolute atomic E-state index is 15.2. The number of hydrogen-bond acceptors (Lipinski definition) is 9. The van der Waals surface area contributed by atoms with Crippen LogP contribution in [-0.4, -0.2) is 60.6 Å². The highest BCUT2D eigenvalue weighted by molar-refractivity contribution is 7.92. The fourth-order valence-electron chi connectivity index (χ4n) is 5.73. The molecule has 1 saturated carbocycles. The van der Waals surface area contributed by atoms with Crippen LogP contribution in [0, 0.1) is 11.6 Å². The monoisotopic (exact) mass is 742 g/mol. The lowest BCUT2D eigenvalue weighted by Crippen LogP contribution is -2.42. The van der Waals surface area contributed by atoms with Crippen molar-refractivity contribution in [1.82, 2.24) is 34.4 Å². The Morgan fingerprint density at radius 2 is 1.68 bits per heavy atom. The molecule has 1 aliphatic carbocycles. The van der Waals surface area contributed by atoms with Crippen molar-refractivity contribution in [3.8, 4) is 11.4 Å². The van der Waals surface area contributed by atoms with Crippen LogP contribution >= 0.6 is 0 Å². The first-order valence-electron chi connectivity index (χ1n) is 16.0. The number of amides is 1. The van der Waals surface area contributed by atoms with Gasteiger partial charge in [0, 0.05) is 31.6 Å². The van der Waals surface area contributed by atoms with Crippen molar-refractivity contribution in [2.45, 2.75) is 36.1 Å². The van der Waals surface area contributed by atoms with Crippen molar-refractivity contribution in [2.24, 2.45) is 7.05 Å². The molecule has 0 radical (unpaired) electrons. The maximum atomic E-state index is 15.2. The molecule has 1 aliphatic rings. The second-order valence-corrected chi connectivity index (χ2v) is 14.1. The number of carbonyl (C=O) groups is 2. The number of nitrogens with zero attached hydrogens (tertiary/aromatic N) is 6. The number of anilines is 1. The fourth-order valence-corrected chi connectivity index (χ4v) is 6.78. The molecule has 1 fully saturated rings. The first-order valence-corrected chi connectivity index (χ1v) is 17.5. The molecule has 7 rings (SSSR count). The first-order chi connectivity index (χ1) is 25.3. The Balaban J connectivity index is 1.04. The summed E-state index contributed by atoms with van der Waals surface area (Å²) in [4.78, 5) is 54.8. The standard InChI is InChI=1S/C35H28F2N8O7S/c1-43-31-17-38-13-12-24(31)33(47)45(35(43)50)22-6-2-19(3-7-22)14-29(34(48)49)39-32(46)25-15-27(37)28(16-26(25)36)41-53(51,52)23-10-8-21(9-11-23)44-18-30(40-42-44)20-4-5-20/h2-3,6-13,15-18,20,29,41H,4-5,14H2,1H3,(H,39,46)(H,48,49)/t29-/m0/s1. The minimum atomic E-state index is -4.41. The van der Waals surface area contributed by atoms with Gasteiger partial charge in [-0.05, 0) is 66.9 Å². The van der Waals surface area contributed by atoms with Gasteiger partial charge in [0.25, 0.3) is 21.5 Å². The Hall–Kier alpha value is -6.56. The van der Waals surface area contributed by atoms with Crippen molar-refractivity contribution in [1.29, 1.82) is 0 Å². The van der Waals surface area contributed by atoms with E-state index in [0.717, 1.165) is 23.1 Å². The zero-order chi connectivity index (χ0) is 37.6. The molecule has 15 nitrogen and oxygen atoms in total. The Morgan fingerprint density at radius 1 is 0.981 bits per heavy atom. The van der Waals surface area contributed by atoms with Crippen molar-refractivity contribution in [2.75, 3.05) is 4.72 Å². The zero-order valence-electron chi connectivity index (χ0n) is 27.6. The molecule has 3 N–H and O–H groups in total. The van der Waals surface area contributed by atoms with E-state index in [1.54, 1.807) is 6.20 Å². The van der Waals surface area contributed by atoms with E-state index < -0.39 is 62.1 Å². The van der Waals surface area contributed by atoms with Gasteiger partial charge in [0.1, 0.15) is 17.7 Å². The summed E-state index contributed by atoms with van der Waals surface area (Å²) in [7, 11) is -2.92.